The van der Waals surface area contributed by atoms with Crippen molar-refractivity contribution in [3.8, 4) is 5.75 Å². The number of nitrogens with one attached hydrogen (secondary N) is 1. The van der Waals surface area contributed by atoms with E-state index < -0.39 is 0 Å². The van der Waals surface area contributed by atoms with Crippen molar-refractivity contribution < 1.29 is 9.53 Å². The number of halogens is 2. The molecule has 0 heterocycles. The lowest BCUT2D eigenvalue weighted by Crippen LogP contribution is -2.14. The van der Waals surface area contributed by atoms with Crippen LogP contribution in [0.3, 0.4) is 0 Å². The normalized spacial score (nSPS) is 10.2. The molecule has 0 radical (unpaired) electrons. The minimum absolute atomic E-state index is 0.269. The molecule has 0 fully saturated rings. The number of nitrogen functional groups attached to an aromatic ring is 1. The van der Waals surface area contributed by atoms with Gasteiger partial charge in [-0.3, -0.25) is 4.79 Å². The smallest absolute Gasteiger partial charge is 0.259 e. The largest absolute Gasteiger partial charge is 0.496 e. The molecule has 0 aromatic heterocycles. The number of rotatable bonds is 3. The van der Waals surface area contributed by atoms with Crippen LogP contribution in [0.15, 0.2) is 45.3 Å². The Hall–Kier alpha value is -1.53. The van der Waals surface area contributed by atoms with Gasteiger partial charge in [0, 0.05) is 20.7 Å². The molecular weight excluding hydrogens is 388 g/mol. The molecule has 2 aromatic carbocycles. The third-order valence-corrected chi connectivity index (χ3v) is 3.99. The average Bonchev–Trinajstić information content (AvgIpc) is 2.42. The topological polar surface area (TPSA) is 64.3 Å². The predicted octanol–water partition coefficient (Wildman–Crippen LogP) is 4.05. The van der Waals surface area contributed by atoms with E-state index in [1.54, 1.807) is 18.2 Å². The van der Waals surface area contributed by atoms with Gasteiger partial charge in [0.1, 0.15) is 5.75 Å². The van der Waals surface area contributed by atoms with Crippen LogP contribution in [0.1, 0.15) is 10.4 Å². The Kier molecular flexibility index (Phi) is 4.67. The van der Waals surface area contributed by atoms with E-state index in [0.717, 1.165) is 8.95 Å². The van der Waals surface area contributed by atoms with Crippen LogP contribution in [0.25, 0.3) is 0 Å². The van der Waals surface area contributed by atoms with E-state index in [2.05, 4.69) is 37.2 Å². The standard InChI is InChI=1S/C14H12Br2N2O2/c1-20-12-7-8(17)5-6-9(12)14(19)18-13-10(15)3-2-4-11(13)16/h2-7H,17H2,1H3,(H,18,19). The lowest BCUT2D eigenvalue weighted by Gasteiger charge is -2.12. The molecule has 1 amide bonds. The molecule has 0 saturated carbocycles. The van der Waals surface area contributed by atoms with E-state index in [1.165, 1.54) is 7.11 Å². The first-order chi connectivity index (χ1) is 9.52. The van der Waals surface area contributed by atoms with Gasteiger partial charge in [0.2, 0.25) is 0 Å². The number of carbonyl (C=O) groups is 1. The lowest BCUT2D eigenvalue weighted by molar-refractivity contribution is 0.102. The van der Waals surface area contributed by atoms with Gasteiger partial charge in [-0.25, -0.2) is 0 Å². The summed E-state index contributed by atoms with van der Waals surface area (Å²) in [6.07, 6.45) is 0. The van der Waals surface area contributed by atoms with E-state index in [1.807, 2.05) is 18.2 Å². The molecule has 104 valence electrons. The second-order valence-corrected chi connectivity index (χ2v) is 5.72. The number of ether oxygens (including phenoxy) is 1. The summed E-state index contributed by atoms with van der Waals surface area (Å²) >= 11 is 6.80. The average molecular weight is 400 g/mol. The molecule has 20 heavy (non-hydrogen) atoms. The van der Waals surface area contributed by atoms with Crippen molar-refractivity contribution in [2.45, 2.75) is 0 Å². The number of nitrogens with two attached hydrogens (primary N) is 1. The van der Waals surface area contributed by atoms with Crippen LogP contribution in [-0.2, 0) is 0 Å². The maximum absolute atomic E-state index is 12.3. The number of methoxy groups -OCH3 is 1. The molecule has 0 saturated heterocycles. The number of hydrogen-bond acceptors (Lipinski definition) is 3. The van der Waals surface area contributed by atoms with Crippen LogP contribution < -0.4 is 15.8 Å². The summed E-state index contributed by atoms with van der Waals surface area (Å²) < 4.78 is 6.75. The van der Waals surface area contributed by atoms with Crippen molar-refractivity contribution in [1.82, 2.24) is 0 Å². The lowest BCUT2D eigenvalue weighted by atomic mass is 10.1. The minimum Gasteiger partial charge on any atom is -0.496 e. The third kappa shape index (κ3) is 3.13. The third-order valence-electron chi connectivity index (χ3n) is 2.67. The van der Waals surface area contributed by atoms with Crippen LogP contribution in [0.2, 0.25) is 0 Å². The van der Waals surface area contributed by atoms with Gasteiger partial charge in [-0.15, -0.1) is 0 Å². The summed E-state index contributed by atoms with van der Waals surface area (Å²) in [6, 6.07) is 10.5. The number of benzene rings is 2. The van der Waals surface area contributed by atoms with Crippen LogP contribution in [0, 0.1) is 0 Å². The van der Waals surface area contributed by atoms with Crippen molar-refractivity contribution in [2.75, 3.05) is 18.2 Å². The summed E-state index contributed by atoms with van der Waals surface area (Å²) in [4.78, 5) is 12.3. The number of carbonyl (C=O) groups excluding carboxylic acids is 1. The molecule has 4 nitrogen and oxygen atoms in total. The van der Waals surface area contributed by atoms with Gasteiger partial charge < -0.3 is 15.8 Å². The Morgan fingerprint density at radius 2 is 1.85 bits per heavy atom. The number of para-hydroxylation sites is 1. The zero-order chi connectivity index (χ0) is 14.7. The van der Waals surface area contributed by atoms with Gasteiger partial charge in [-0.1, -0.05) is 6.07 Å². The first-order valence-electron chi connectivity index (χ1n) is 5.72. The molecule has 2 rings (SSSR count). The molecule has 0 spiro atoms. The molecule has 0 unspecified atom stereocenters. The monoisotopic (exact) mass is 398 g/mol. The molecule has 6 heteroatoms. The SMILES string of the molecule is COc1cc(N)ccc1C(=O)Nc1c(Br)cccc1Br. The van der Waals surface area contributed by atoms with E-state index in [4.69, 9.17) is 10.5 Å². The molecule has 0 atom stereocenters. The number of hydrogen-bond donors (Lipinski definition) is 2. The van der Waals surface area contributed by atoms with E-state index in [9.17, 15) is 4.79 Å². The Labute approximate surface area is 133 Å². The highest BCUT2D eigenvalue weighted by atomic mass is 79.9. The van der Waals surface area contributed by atoms with E-state index in [-0.39, 0.29) is 5.91 Å². The summed E-state index contributed by atoms with van der Waals surface area (Å²) in [7, 11) is 1.50. The first-order valence-corrected chi connectivity index (χ1v) is 7.30. The Morgan fingerprint density at radius 3 is 2.45 bits per heavy atom. The summed E-state index contributed by atoms with van der Waals surface area (Å²) in [5.41, 5.74) is 7.30. The molecule has 3 N–H and O–H groups in total. The van der Waals surface area contributed by atoms with Gasteiger partial charge in [-0.05, 0) is 56.1 Å². The minimum atomic E-state index is -0.269. The summed E-state index contributed by atoms with van der Waals surface area (Å²) in [5.74, 6) is 0.167. The zero-order valence-corrected chi connectivity index (χ0v) is 13.8. The number of amides is 1. The quantitative estimate of drug-likeness (QED) is 0.765. The van der Waals surface area contributed by atoms with Gasteiger partial charge in [0.05, 0.1) is 18.4 Å². The maximum Gasteiger partial charge on any atom is 0.259 e. The molecule has 0 aliphatic carbocycles. The second kappa shape index (κ2) is 6.28. The van der Waals surface area contributed by atoms with Crippen molar-refractivity contribution in [3.63, 3.8) is 0 Å². The van der Waals surface area contributed by atoms with Crippen LogP contribution in [0.5, 0.6) is 5.75 Å². The highest BCUT2D eigenvalue weighted by molar-refractivity contribution is 9.11. The highest BCUT2D eigenvalue weighted by Gasteiger charge is 2.15. The molecule has 0 bridgehead atoms. The van der Waals surface area contributed by atoms with E-state index in [0.29, 0.717) is 22.7 Å². The van der Waals surface area contributed by atoms with Crippen molar-refractivity contribution in [1.29, 1.82) is 0 Å². The van der Waals surface area contributed by atoms with Crippen LogP contribution in [0.4, 0.5) is 11.4 Å². The fourth-order valence-electron chi connectivity index (χ4n) is 1.69. The van der Waals surface area contributed by atoms with Crippen LogP contribution >= 0.6 is 31.9 Å². The number of anilines is 2. The Bertz CT molecular complexity index is 639. The van der Waals surface area contributed by atoms with Crippen molar-refractivity contribution in [3.05, 3.63) is 50.9 Å². The fourth-order valence-corrected chi connectivity index (χ4v) is 2.89. The first kappa shape index (κ1) is 14.9. The van der Waals surface area contributed by atoms with Gasteiger partial charge >= 0.3 is 0 Å². The fraction of sp³-hybridized carbons (Fsp3) is 0.0714. The molecule has 0 aliphatic heterocycles. The second-order valence-electron chi connectivity index (χ2n) is 4.01. The Morgan fingerprint density at radius 1 is 1.20 bits per heavy atom. The summed E-state index contributed by atoms with van der Waals surface area (Å²) in [6.45, 7) is 0. The maximum atomic E-state index is 12.3. The van der Waals surface area contributed by atoms with Crippen molar-refractivity contribution >= 4 is 49.1 Å². The van der Waals surface area contributed by atoms with Gasteiger partial charge in [0.25, 0.3) is 5.91 Å². The zero-order valence-electron chi connectivity index (χ0n) is 10.6. The molecular formula is C14H12Br2N2O2. The predicted molar refractivity (Wildman–Crippen MR) is 87.2 cm³/mol. The van der Waals surface area contributed by atoms with Gasteiger partial charge in [0.15, 0.2) is 0 Å². The van der Waals surface area contributed by atoms with E-state index >= 15 is 0 Å². The molecule has 0 aliphatic rings. The van der Waals surface area contributed by atoms with Crippen molar-refractivity contribution in [2.24, 2.45) is 0 Å². The Balaban J connectivity index is 2.33. The highest BCUT2D eigenvalue weighted by Crippen LogP contribution is 2.31. The summed E-state index contributed by atoms with van der Waals surface area (Å²) in [5, 5.41) is 2.84. The van der Waals surface area contributed by atoms with Crippen LogP contribution in [-0.4, -0.2) is 13.0 Å². The molecule has 2 aromatic rings. The van der Waals surface area contributed by atoms with Gasteiger partial charge in [-0.2, -0.15) is 0 Å².